The van der Waals surface area contributed by atoms with E-state index in [2.05, 4.69) is 22.7 Å². The Morgan fingerprint density at radius 3 is 2.50 bits per heavy atom. The summed E-state index contributed by atoms with van der Waals surface area (Å²) >= 11 is 4.23. The van der Waals surface area contributed by atoms with Crippen LogP contribution in [-0.2, 0) is 0 Å². The van der Waals surface area contributed by atoms with Crippen LogP contribution in [0, 0.1) is 0 Å². The summed E-state index contributed by atoms with van der Waals surface area (Å²) in [6, 6.07) is 0. The first-order valence-corrected chi connectivity index (χ1v) is 1.79. The predicted molar refractivity (Wildman–Crippen MR) is 27.5 cm³/mol. The molecule has 0 aromatic carbocycles. The molecule has 0 spiro atoms. The van der Waals surface area contributed by atoms with Crippen molar-refractivity contribution in [2.45, 2.75) is 6.92 Å². The Labute approximate surface area is 41.5 Å². The summed E-state index contributed by atoms with van der Waals surface area (Å²) in [5.41, 5.74) is 0.338. The van der Waals surface area contributed by atoms with Gasteiger partial charge in [0.2, 0.25) is 0 Å². The third kappa shape index (κ3) is 1.84. The van der Waals surface area contributed by atoms with Crippen LogP contribution in [0.4, 0.5) is 0 Å². The topological polar surface area (TPSA) is 32.6 Å². The highest BCUT2D eigenvalue weighted by atomic mass is 32.1. The van der Waals surface area contributed by atoms with Crippen molar-refractivity contribution in [2.24, 2.45) is 5.16 Å². The summed E-state index contributed by atoms with van der Waals surface area (Å²) in [6.45, 7) is 1.56. The summed E-state index contributed by atoms with van der Waals surface area (Å²) in [6.07, 6.45) is 0. The molecule has 0 bridgehead atoms. The highest BCUT2D eigenvalue weighted by molar-refractivity contribution is 7.80. The van der Waals surface area contributed by atoms with Crippen LogP contribution in [0.3, 0.4) is 0 Å². The minimum atomic E-state index is 0.338. The Morgan fingerprint density at radius 2 is 2.50 bits per heavy atom. The highest BCUT2D eigenvalue weighted by Crippen LogP contribution is 1.64. The first-order chi connectivity index (χ1) is 2.81. The maximum absolute atomic E-state index is 7.79. The summed E-state index contributed by atoms with van der Waals surface area (Å²) in [5.74, 6) is 0. The van der Waals surface area contributed by atoms with Crippen molar-refractivity contribution in [3.05, 3.63) is 0 Å². The molecule has 1 N–H and O–H groups in total. The Hall–Kier alpha value is -0.440. The lowest BCUT2D eigenvalue weighted by atomic mass is 10.5. The van der Waals surface area contributed by atoms with Crippen molar-refractivity contribution in [1.29, 1.82) is 0 Å². The van der Waals surface area contributed by atoms with Gasteiger partial charge in [0.15, 0.2) is 0 Å². The average molecular weight is 102 g/mol. The smallest absolute Gasteiger partial charge is 0.0960 e. The molecule has 0 saturated carbocycles. The number of hydrogen-bond acceptors (Lipinski definition) is 3. The maximum atomic E-state index is 7.79. The van der Waals surface area contributed by atoms with Gasteiger partial charge in [-0.25, -0.2) is 0 Å². The molecule has 0 aliphatic carbocycles. The number of rotatable bonds is 1. The normalized spacial score (nSPS) is 11.2. The molecule has 0 aliphatic heterocycles. The molecule has 2 nitrogen and oxygen atoms in total. The van der Waals surface area contributed by atoms with Gasteiger partial charge >= 0.3 is 0 Å². The van der Waals surface area contributed by atoms with E-state index in [1.807, 2.05) is 0 Å². The van der Waals surface area contributed by atoms with Crippen LogP contribution in [0.15, 0.2) is 5.16 Å². The quantitative estimate of drug-likeness (QED) is 0.229. The third-order valence-corrected chi connectivity index (χ3v) is 0.593. The van der Waals surface area contributed by atoms with E-state index >= 15 is 0 Å². The van der Waals surface area contributed by atoms with E-state index in [0.717, 1.165) is 0 Å². The van der Waals surface area contributed by atoms with Gasteiger partial charge in [-0.3, -0.25) is 0 Å². The molecule has 0 atom stereocenters. The van der Waals surface area contributed by atoms with E-state index in [4.69, 9.17) is 5.21 Å². The Morgan fingerprint density at radius 1 is 2.00 bits per heavy atom. The average Bonchev–Trinajstić information content (AvgIpc) is 1.65. The molecule has 0 aliphatic rings. The fraction of sp³-hybridized carbons (Fsp3) is 0.333. The van der Waals surface area contributed by atoms with Crippen molar-refractivity contribution in [3.63, 3.8) is 0 Å². The Bertz CT molecular complexity index is 78.9. The van der Waals surface area contributed by atoms with Crippen LogP contribution >= 0.6 is 12.2 Å². The van der Waals surface area contributed by atoms with Crippen LogP contribution in [0.1, 0.15) is 6.92 Å². The van der Waals surface area contributed by atoms with Gasteiger partial charge in [-0.15, -0.1) is 0 Å². The summed E-state index contributed by atoms with van der Waals surface area (Å²) in [7, 11) is 0. The molecular weight excluding hydrogens is 98.1 g/mol. The molecule has 33 valence electrons. The van der Waals surface area contributed by atoms with Crippen molar-refractivity contribution >= 4 is 23.3 Å². The van der Waals surface area contributed by atoms with E-state index in [0.29, 0.717) is 5.71 Å². The number of nitrogens with zero attached hydrogens (tertiary/aromatic N) is 1. The zero-order valence-corrected chi connectivity index (χ0v) is 4.12. The second-order valence-corrected chi connectivity index (χ2v) is 0.992. The summed E-state index contributed by atoms with van der Waals surface area (Å²) in [5, 5.41) is 12.7. The van der Waals surface area contributed by atoms with Crippen LogP contribution in [0.5, 0.6) is 0 Å². The molecule has 0 amide bonds. The van der Waals surface area contributed by atoms with Gasteiger partial charge in [-0.1, -0.05) is 17.4 Å². The van der Waals surface area contributed by atoms with Crippen molar-refractivity contribution in [2.75, 3.05) is 0 Å². The minimum absolute atomic E-state index is 0.338. The van der Waals surface area contributed by atoms with Crippen molar-refractivity contribution in [3.8, 4) is 0 Å². The SMILES string of the molecule is CC([C]=S)=NO. The second kappa shape index (κ2) is 2.78. The number of thiocarbonyl (C=S) groups is 1. The van der Waals surface area contributed by atoms with Crippen LogP contribution in [0.2, 0.25) is 0 Å². The van der Waals surface area contributed by atoms with Gasteiger partial charge in [-0.05, 0) is 6.92 Å². The van der Waals surface area contributed by atoms with E-state index in [1.165, 1.54) is 0 Å². The van der Waals surface area contributed by atoms with Crippen LogP contribution in [-0.4, -0.2) is 16.3 Å². The number of hydrogen-bond donors (Lipinski definition) is 1. The largest absolute Gasteiger partial charge is 0.411 e. The number of oxime groups is 1. The molecule has 0 saturated heterocycles. The molecule has 0 aromatic heterocycles. The minimum Gasteiger partial charge on any atom is -0.411 e. The van der Waals surface area contributed by atoms with Crippen LogP contribution < -0.4 is 0 Å². The lowest BCUT2D eigenvalue weighted by Gasteiger charge is -1.73. The fourth-order valence-electron chi connectivity index (χ4n) is 0.0204. The van der Waals surface area contributed by atoms with Gasteiger partial charge in [0, 0.05) is 0 Å². The highest BCUT2D eigenvalue weighted by Gasteiger charge is 1.75. The first-order valence-electron chi connectivity index (χ1n) is 1.38. The van der Waals surface area contributed by atoms with Crippen molar-refractivity contribution in [1.82, 2.24) is 0 Å². The molecule has 0 unspecified atom stereocenters. The monoisotopic (exact) mass is 102 g/mol. The molecule has 1 radical (unpaired) electrons. The maximum Gasteiger partial charge on any atom is 0.0960 e. The zero-order chi connectivity index (χ0) is 4.99. The van der Waals surface area contributed by atoms with Gasteiger partial charge < -0.3 is 5.21 Å². The Balaban J connectivity index is 3.50. The van der Waals surface area contributed by atoms with E-state index in [9.17, 15) is 0 Å². The van der Waals surface area contributed by atoms with E-state index in [1.54, 1.807) is 6.92 Å². The lowest BCUT2D eigenvalue weighted by molar-refractivity contribution is 0.320. The fourth-order valence-corrected chi connectivity index (χ4v) is 0.0612. The standard InChI is InChI=1S/C3H4NOS/c1-3(2-6)4-5/h5H,1H3. The van der Waals surface area contributed by atoms with Gasteiger partial charge in [0.05, 0.1) is 11.1 Å². The summed E-state index contributed by atoms with van der Waals surface area (Å²) in [4.78, 5) is 0. The lowest BCUT2D eigenvalue weighted by Crippen LogP contribution is -1.86. The van der Waals surface area contributed by atoms with Gasteiger partial charge in [0.25, 0.3) is 0 Å². The molecule has 0 fully saturated rings. The first kappa shape index (κ1) is 5.56. The molecule has 0 rings (SSSR count). The summed E-state index contributed by atoms with van der Waals surface area (Å²) < 4.78 is 0. The van der Waals surface area contributed by atoms with Crippen LogP contribution in [0.25, 0.3) is 0 Å². The molecule has 3 heteroatoms. The second-order valence-electron chi connectivity index (χ2n) is 0.787. The van der Waals surface area contributed by atoms with E-state index in [-0.39, 0.29) is 0 Å². The molecular formula is C3H4NOS. The van der Waals surface area contributed by atoms with E-state index < -0.39 is 0 Å². The van der Waals surface area contributed by atoms with Crippen molar-refractivity contribution < 1.29 is 5.21 Å². The van der Waals surface area contributed by atoms with Gasteiger partial charge in [0.1, 0.15) is 0 Å². The molecule has 6 heavy (non-hydrogen) atoms. The third-order valence-electron chi connectivity index (χ3n) is 0.298. The van der Waals surface area contributed by atoms with Gasteiger partial charge in [-0.2, -0.15) is 0 Å². The molecule has 0 aromatic rings. The Kier molecular flexibility index (Phi) is 2.58. The molecule has 0 heterocycles. The zero-order valence-electron chi connectivity index (χ0n) is 3.30. The predicted octanol–water partition coefficient (Wildman–Crippen LogP) is 0.713.